The second-order valence-electron chi connectivity index (χ2n) is 6.93. The second-order valence-corrected chi connectivity index (χ2v) is 9.16. The maximum absolute atomic E-state index is 11.5. The van der Waals surface area contributed by atoms with Crippen molar-refractivity contribution in [3.63, 3.8) is 0 Å². The number of sulfone groups is 1. The number of hydrogen-bond acceptors (Lipinski definition) is 4. The summed E-state index contributed by atoms with van der Waals surface area (Å²) in [4.78, 5) is 4.17. The zero-order chi connectivity index (χ0) is 17.3. The molecule has 0 bridgehead atoms. The van der Waals surface area contributed by atoms with Gasteiger partial charge in [0, 0.05) is 26.2 Å². The number of aliphatic imine (C=N–C) groups is 1. The average molecular weight is 360 g/mol. The van der Waals surface area contributed by atoms with E-state index >= 15 is 0 Å². The van der Waals surface area contributed by atoms with Gasteiger partial charge in [-0.05, 0) is 32.1 Å². The molecule has 6 nitrogen and oxygen atoms in total. The molecule has 0 spiro atoms. The number of hydrogen-bond donors (Lipinski definition) is 2. The first-order valence-corrected chi connectivity index (χ1v) is 11.2. The van der Waals surface area contributed by atoms with E-state index in [1.807, 2.05) is 0 Å². The van der Waals surface area contributed by atoms with E-state index in [1.165, 1.54) is 38.5 Å². The van der Waals surface area contributed by atoms with Crippen molar-refractivity contribution in [3.05, 3.63) is 0 Å². The molecule has 0 aromatic carbocycles. The SMILES string of the molecule is CN=C(NCCCCOC1CCCCCC1)NC1CCS(=O)(=O)C1. The van der Waals surface area contributed by atoms with E-state index in [1.54, 1.807) is 7.05 Å². The van der Waals surface area contributed by atoms with Crippen molar-refractivity contribution in [2.24, 2.45) is 4.99 Å². The van der Waals surface area contributed by atoms with Crippen molar-refractivity contribution in [1.29, 1.82) is 0 Å². The third-order valence-corrected chi connectivity index (χ3v) is 6.58. The Bertz CT molecular complexity index is 485. The molecule has 1 saturated heterocycles. The predicted octanol–water partition coefficient (Wildman–Crippen LogP) is 1.86. The van der Waals surface area contributed by atoms with Gasteiger partial charge in [0.1, 0.15) is 0 Å². The fourth-order valence-electron chi connectivity index (χ4n) is 3.39. The van der Waals surface area contributed by atoms with Crippen molar-refractivity contribution in [2.45, 2.75) is 69.9 Å². The molecule has 7 heteroatoms. The van der Waals surface area contributed by atoms with Gasteiger partial charge in [-0.2, -0.15) is 0 Å². The summed E-state index contributed by atoms with van der Waals surface area (Å²) in [6, 6.07) is -0.0141. The summed E-state index contributed by atoms with van der Waals surface area (Å²) in [6.07, 6.45) is 11.0. The fraction of sp³-hybridized carbons (Fsp3) is 0.941. The number of unbranched alkanes of at least 4 members (excludes halogenated alkanes) is 1. The summed E-state index contributed by atoms with van der Waals surface area (Å²) in [5, 5.41) is 6.46. The first kappa shape index (κ1) is 19.5. The Morgan fingerprint density at radius 1 is 1.12 bits per heavy atom. The lowest BCUT2D eigenvalue weighted by molar-refractivity contribution is 0.0411. The smallest absolute Gasteiger partial charge is 0.191 e. The molecule has 1 unspecified atom stereocenters. The van der Waals surface area contributed by atoms with Gasteiger partial charge in [-0.3, -0.25) is 4.99 Å². The summed E-state index contributed by atoms with van der Waals surface area (Å²) in [7, 11) is -1.14. The molecular formula is C17H33N3O3S. The maximum atomic E-state index is 11.5. The number of guanidine groups is 1. The van der Waals surface area contributed by atoms with Crippen LogP contribution in [0.4, 0.5) is 0 Å². The largest absolute Gasteiger partial charge is 0.378 e. The molecule has 140 valence electrons. The van der Waals surface area contributed by atoms with E-state index in [0.717, 1.165) is 26.0 Å². The Balaban J connectivity index is 1.52. The zero-order valence-corrected chi connectivity index (χ0v) is 15.7. The van der Waals surface area contributed by atoms with Gasteiger partial charge in [0.25, 0.3) is 0 Å². The first-order chi connectivity index (χ1) is 11.6. The van der Waals surface area contributed by atoms with Gasteiger partial charge < -0.3 is 15.4 Å². The van der Waals surface area contributed by atoms with E-state index in [-0.39, 0.29) is 17.5 Å². The third kappa shape index (κ3) is 7.38. The van der Waals surface area contributed by atoms with Crippen LogP contribution in [0.1, 0.15) is 57.8 Å². The summed E-state index contributed by atoms with van der Waals surface area (Å²) < 4.78 is 28.9. The van der Waals surface area contributed by atoms with Crippen LogP contribution >= 0.6 is 0 Å². The summed E-state index contributed by atoms with van der Waals surface area (Å²) in [5.41, 5.74) is 0. The molecule has 2 fully saturated rings. The molecule has 2 rings (SSSR count). The fourth-order valence-corrected chi connectivity index (χ4v) is 5.06. The Labute approximate surface area is 146 Å². The summed E-state index contributed by atoms with van der Waals surface area (Å²) >= 11 is 0. The standard InChI is InChI=1S/C17H33N3O3S/c1-18-17(20-15-10-13-24(21,22)14-15)19-11-6-7-12-23-16-8-4-2-3-5-9-16/h15-16H,2-14H2,1H3,(H2,18,19,20). The molecule has 24 heavy (non-hydrogen) atoms. The molecule has 2 N–H and O–H groups in total. The highest BCUT2D eigenvalue weighted by atomic mass is 32.2. The summed E-state index contributed by atoms with van der Waals surface area (Å²) in [6.45, 7) is 1.66. The molecule has 0 aromatic rings. The number of rotatable bonds is 7. The van der Waals surface area contributed by atoms with Gasteiger partial charge in [0.05, 0.1) is 17.6 Å². The highest BCUT2D eigenvalue weighted by molar-refractivity contribution is 7.91. The zero-order valence-electron chi connectivity index (χ0n) is 14.9. The molecule has 0 radical (unpaired) electrons. The Morgan fingerprint density at radius 3 is 2.50 bits per heavy atom. The van der Waals surface area contributed by atoms with E-state index in [9.17, 15) is 8.42 Å². The molecule has 0 amide bonds. The topological polar surface area (TPSA) is 79.8 Å². The molecule has 1 atom stereocenters. The average Bonchev–Trinajstić information content (AvgIpc) is 2.76. The van der Waals surface area contributed by atoms with Gasteiger partial charge in [0.15, 0.2) is 15.8 Å². The molecule has 1 aliphatic heterocycles. The third-order valence-electron chi connectivity index (χ3n) is 4.82. The van der Waals surface area contributed by atoms with Crippen LogP contribution in [-0.2, 0) is 14.6 Å². The number of nitrogens with one attached hydrogen (secondary N) is 2. The van der Waals surface area contributed by atoms with E-state index in [0.29, 0.717) is 18.5 Å². The molecule has 2 aliphatic rings. The first-order valence-electron chi connectivity index (χ1n) is 9.38. The molecular weight excluding hydrogens is 326 g/mol. The van der Waals surface area contributed by atoms with Crippen molar-refractivity contribution in [3.8, 4) is 0 Å². The van der Waals surface area contributed by atoms with E-state index in [2.05, 4.69) is 15.6 Å². The molecule has 1 heterocycles. The van der Waals surface area contributed by atoms with Crippen molar-refractivity contribution in [2.75, 3.05) is 31.7 Å². The highest BCUT2D eigenvalue weighted by Gasteiger charge is 2.28. The predicted molar refractivity (Wildman–Crippen MR) is 98.2 cm³/mol. The lowest BCUT2D eigenvalue weighted by atomic mass is 10.1. The quantitative estimate of drug-likeness (QED) is 0.314. The normalized spacial score (nSPS) is 25.4. The summed E-state index contributed by atoms with van der Waals surface area (Å²) in [5.74, 6) is 1.19. The van der Waals surface area contributed by atoms with Crippen molar-refractivity contribution in [1.82, 2.24) is 10.6 Å². The molecule has 0 aromatic heterocycles. The Hall–Kier alpha value is -0.820. The lowest BCUT2D eigenvalue weighted by Crippen LogP contribution is -2.44. The van der Waals surface area contributed by atoms with Crippen LogP contribution in [0.15, 0.2) is 4.99 Å². The van der Waals surface area contributed by atoms with Gasteiger partial charge in [-0.25, -0.2) is 8.42 Å². The van der Waals surface area contributed by atoms with Gasteiger partial charge in [-0.15, -0.1) is 0 Å². The van der Waals surface area contributed by atoms with Crippen molar-refractivity contribution >= 4 is 15.8 Å². The number of nitrogens with zero attached hydrogens (tertiary/aromatic N) is 1. The maximum Gasteiger partial charge on any atom is 0.191 e. The van der Waals surface area contributed by atoms with Crippen LogP contribution in [-0.4, -0.2) is 58.2 Å². The van der Waals surface area contributed by atoms with Gasteiger partial charge in [-0.1, -0.05) is 25.7 Å². The highest BCUT2D eigenvalue weighted by Crippen LogP contribution is 2.19. The van der Waals surface area contributed by atoms with E-state index < -0.39 is 9.84 Å². The Morgan fingerprint density at radius 2 is 1.88 bits per heavy atom. The van der Waals surface area contributed by atoms with Crippen LogP contribution in [0.25, 0.3) is 0 Å². The van der Waals surface area contributed by atoms with Crippen LogP contribution in [0, 0.1) is 0 Å². The van der Waals surface area contributed by atoms with Crippen LogP contribution < -0.4 is 10.6 Å². The lowest BCUT2D eigenvalue weighted by Gasteiger charge is -2.17. The van der Waals surface area contributed by atoms with Gasteiger partial charge in [0.2, 0.25) is 0 Å². The van der Waals surface area contributed by atoms with Gasteiger partial charge >= 0.3 is 0 Å². The van der Waals surface area contributed by atoms with Crippen LogP contribution in [0.2, 0.25) is 0 Å². The monoisotopic (exact) mass is 359 g/mol. The van der Waals surface area contributed by atoms with Crippen LogP contribution in [0.3, 0.4) is 0 Å². The number of ether oxygens (including phenoxy) is 1. The molecule has 1 saturated carbocycles. The minimum absolute atomic E-state index is 0.0141. The molecule has 1 aliphatic carbocycles. The minimum atomic E-state index is -2.86. The van der Waals surface area contributed by atoms with E-state index in [4.69, 9.17) is 4.74 Å². The minimum Gasteiger partial charge on any atom is -0.378 e. The van der Waals surface area contributed by atoms with Crippen molar-refractivity contribution < 1.29 is 13.2 Å². The second kappa shape index (κ2) is 10.2. The Kier molecular flexibility index (Phi) is 8.32. The van der Waals surface area contributed by atoms with Crippen LogP contribution in [0.5, 0.6) is 0 Å².